The molecule has 0 amide bonds. The van der Waals surface area contributed by atoms with Crippen molar-refractivity contribution in [1.29, 1.82) is 0 Å². The van der Waals surface area contributed by atoms with Crippen LogP contribution in [0.25, 0.3) is 0 Å². The van der Waals surface area contributed by atoms with Crippen molar-refractivity contribution in [2.45, 2.75) is 26.7 Å². The molecule has 0 atom stereocenters. The van der Waals surface area contributed by atoms with Gasteiger partial charge in [-0.2, -0.15) is 0 Å². The Kier molecular flexibility index (Phi) is 5.61. The Morgan fingerprint density at radius 1 is 1.15 bits per heavy atom. The zero-order valence-corrected chi connectivity index (χ0v) is 16.3. The van der Waals surface area contributed by atoms with Crippen LogP contribution >= 0.6 is 15.9 Å². The van der Waals surface area contributed by atoms with Crippen molar-refractivity contribution in [1.82, 2.24) is 4.98 Å². The molecule has 5 nitrogen and oxygen atoms in total. The predicted octanol–water partition coefficient (Wildman–Crippen LogP) is 3.90. The van der Waals surface area contributed by atoms with Crippen molar-refractivity contribution in [3.63, 3.8) is 0 Å². The lowest BCUT2D eigenvalue weighted by Gasteiger charge is -2.16. The van der Waals surface area contributed by atoms with Crippen LogP contribution in [0.2, 0.25) is 0 Å². The van der Waals surface area contributed by atoms with E-state index in [-0.39, 0.29) is 17.8 Å². The largest absolute Gasteiger partial charge is 0.486 e. The van der Waals surface area contributed by atoms with Gasteiger partial charge in [0.25, 0.3) is 5.56 Å². The summed E-state index contributed by atoms with van der Waals surface area (Å²) >= 11 is 3.45. The lowest BCUT2D eigenvalue weighted by atomic mass is 10.0. The molecular formula is C20H20BrNO4. The smallest absolute Gasteiger partial charge is 0.251 e. The summed E-state index contributed by atoms with van der Waals surface area (Å²) in [6.45, 7) is 4.62. The van der Waals surface area contributed by atoms with Crippen LogP contribution in [-0.2, 0) is 6.42 Å². The first-order valence-corrected chi connectivity index (χ1v) is 9.21. The van der Waals surface area contributed by atoms with Crippen molar-refractivity contribution in [3.05, 3.63) is 67.6 Å². The Labute approximate surface area is 160 Å². The van der Waals surface area contributed by atoms with E-state index in [9.17, 15) is 9.59 Å². The van der Waals surface area contributed by atoms with Crippen LogP contribution in [0, 0.1) is 13.8 Å². The molecule has 0 spiro atoms. The second-order valence-electron chi connectivity index (χ2n) is 6.24. The van der Waals surface area contributed by atoms with Crippen LogP contribution < -0.4 is 15.0 Å². The molecule has 3 rings (SSSR count). The van der Waals surface area contributed by atoms with E-state index in [1.165, 1.54) is 0 Å². The number of halogens is 1. The van der Waals surface area contributed by atoms with Crippen LogP contribution in [0.4, 0.5) is 0 Å². The van der Waals surface area contributed by atoms with E-state index in [1.807, 2.05) is 32.1 Å². The third kappa shape index (κ3) is 4.07. The molecule has 0 fully saturated rings. The van der Waals surface area contributed by atoms with Gasteiger partial charge in [0, 0.05) is 23.2 Å². The monoisotopic (exact) mass is 417 g/mol. The number of carbonyl (C=O) groups excluding carboxylic acids is 1. The van der Waals surface area contributed by atoms with Gasteiger partial charge in [0.05, 0.1) is 4.47 Å². The highest BCUT2D eigenvalue weighted by atomic mass is 79.9. The fraction of sp³-hybridized carbons (Fsp3) is 0.300. The van der Waals surface area contributed by atoms with Crippen LogP contribution in [0.5, 0.6) is 11.5 Å². The maximum absolute atomic E-state index is 12.7. The molecule has 1 aliphatic rings. The number of rotatable bonds is 4. The van der Waals surface area contributed by atoms with E-state index in [4.69, 9.17) is 9.47 Å². The van der Waals surface area contributed by atoms with E-state index in [0.29, 0.717) is 46.7 Å². The molecule has 1 aliphatic heterocycles. The number of ketones is 1. The number of aryl methyl sites for hydroxylation is 2. The number of aromatic amines is 1. The Morgan fingerprint density at radius 3 is 2.62 bits per heavy atom. The van der Waals surface area contributed by atoms with E-state index in [2.05, 4.69) is 20.9 Å². The number of Topliss-reactive ketones (excluding diaryl/α,β-unsaturated/α-hetero) is 1. The number of H-pyrrole nitrogens is 1. The second kappa shape index (κ2) is 7.91. The van der Waals surface area contributed by atoms with Gasteiger partial charge in [-0.1, -0.05) is 0 Å². The first kappa shape index (κ1) is 18.5. The van der Waals surface area contributed by atoms with Crippen molar-refractivity contribution in [2.75, 3.05) is 13.2 Å². The lowest BCUT2D eigenvalue weighted by molar-refractivity contribution is 0.0982. The quantitative estimate of drug-likeness (QED) is 0.604. The first-order chi connectivity index (χ1) is 12.5. The molecule has 1 aromatic carbocycles. The minimum atomic E-state index is -0.127. The van der Waals surface area contributed by atoms with E-state index < -0.39 is 0 Å². The lowest BCUT2D eigenvalue weighted by Crippen LogP contribution is -2.17. The molecule has 136 valence electrons. The number of fused-ring (bicyclic) bond motifs is 1. The molecule has 26 heavy (non-hydrogen) atoms. The number of ether oxygens (including phenoxy) is 2. The van der Waals surface area contributed by atoms with Crippen LogP contribution in [-0.4, -0.2) is 24.0 Å². The minimum Gasteiger partial charge on any atom is -0.486 e. The zero-order valence-electron chi connectivity index (χ0n) is 14.7. The topological polar surface area (TPSA) is 68.4 Å². The molecule has 0 radical (unpaired) electrons. The number of pyridine rings is 1. The summed E-state index contributed by atoms with van der Waals surface area (Å²) in [6, 6.07) is 5.36. The van der Waals surface area contributed by atoms with Gasteiger partial charge in [-0.3, -0.25) is 9.59 Å². The number of nitrogens with one attached hydrogen (secondary N) is 1. The summed E-state index contributed by atoms with van der Waals surface area (Å²) in [4.78, 5) is 27.6. The Morgan fingerprint density at radius 2 is 1.88 bits per heavy atom. The zero-order chi connectivity index (χ0) is 18.7. The Hall–Kier alpha value is -2.34. The molecule has 2 heterocycles. The molecule has 0 aliphatic carbocycles. The van der Waals surface area contributed by atoms with Crippen LogP contribution in [0.15, 0.2) is 39.6 Å². The third-order valence-electron chi connectivity index (χ3n) is 4.25. The fourth-order valence-electron chi connectivity index (χ4n) is 2.96. The summed E-state index contributed by atoms with van der Waals surface area (Å²) in [5.74, 6) is 1.09. The summed E-state index contributed by atoms with van der Waals surface area (Å²) < 4.78 is 12.0. The number of carbonyl (C=O) groups is 1. The van der Waals surface area contributed by atoms with Gasteiger partial charge in [0.15, 0.2) is 17.3 Å². The van der Waals surface area contributed by atoms with Crippen LogP contribution in [0.3, 0.4) is 0 Å². The normalized spacial score (nSPS) is 14.4. The molecule has 1 N–H and O–H groups in total. The molecular weight excluding hydrogens is 398 g/mol. The van der Waals surface area contributed by atoms with Gasteiger partial charge in [-0.15, -0.1) is 0 Å². The molecule has 6 heteroatoms. The summed E-state index contributed by atoms with van der Waals surface area (Å²) in [5, 5.41) is 0. The Balaban J connectivity index is 1.80. The minimum absolute atomic E-state index is 0.0472. The highest BCUT2D eigenvalue weighted by Gasteiger charge is 2.17. The van der Waals surface area contributed by atoms with Gasteiger partial charge >= 0.3 is 0 Å². The van der Waals surface area contributed by atoms with Gasteiger partial charge in [0.1, 0.15) is 13.2 Å². The summed E-state index contributed by atoms with van der Waals surface area (Å²) in [5.41, 5.74) is 2.78. The van der Waals surface area contributed by atoms with Crippen molar-refractivity contribution in [2.24, 2.45) is 0 Å². The SMILES string of the molecule is Cc1cc(C)c(CCC(=O)c2cc(Br)c3c(c2)OC/C=C\CO3)c(=O)[nH]1. The van der Waals surface area contributed by atoms with E-state index in [0.717, 1.165) is 11.3 Å². The summed E-state index contributed by atoms with van der Waals surface area (Å²) in [7, 11) is 0. The molecule has 0 bridgehead atoms. The molecule has 2 aromatic rings. The van der Waals surface area contributed by atoms with Crippen molar-refractivity contribution < 1.29 is 14.3 Å². The Bertz CT molecular complexity index is 930. The third-order valence-corrected chi connectivity index (χ3v) is 4.84. The molecule has 0 unspecified atom stereocenters. The van der Waals surface area contributed by atoms with Crippen molar-refractivity contribution >= 4 is 21.7 Å². The fourth-order valence-corrected chi connectivity index (χ4v) is 3.51. The highest BCUT2D eigenvalue weighted by molar-refractivity contribution is 9.10. The number of hydrogen-bond acceptors (Lipinski definition) is 4. The van der Waals surface area contributed by atoms with Crippen molar-refractivity contribution in [3.8, 4) is 11.5 Å². The first-order valence-electron chi connectivity index (χ1n) is 8.42. The number of aromatic nitrogens is 1. The maximum Gasteiger partial charge on any atom is 0.251 e. The van der Waals surface area contributed by atoms with Gasteiger partial charge in [-0.25, -0.2) is 0 Å². The van der Waals surface area contributed by atoms with Crippen LogP contribution in [0.1, 0.15) is 33.6 Å². The molecule has 0 saturated carbocycles. The average molecular weight is 418 g/mol. The number of hydrogen-bond donors (Lipinski definition) is 1. The van der Waals surface area contributed by atoms with Gasteiger partial charge in [-0.05, 0) is 72.1 Å². The second-order valence-corrected chi connectivity index (χ2v) is 7.10. The molecule has 1 aromatic heterocycles. The maximum atomic E-state index is 12.7. The van der Waals surface area contributed by atoms with E-state index in [1.54, 1.807) is 12.1 Å². The predicted molar refractivity (Wildman–Crippen MR) is 103 cm³/mol. The number of benzene rings is 1. The highest BCUT2D eigenvalue weighted by Crippen LogP contribution is 2.37. The van der Waals surface area contributed by atoms with E-state index >= 15 is 0 Å². The van der Waals surface area contributed by atoms with Gasteiger partial charge < -0.3 is 14.5 Å². The van der Waals surface area contributed by atoms with Gasteiger partial charge in [0.2, 0.25) is 0 Å². The molecule has 0 saturated heterocycles. The average Bonchev–Trinajstić information content (AvgIpc) is 2.54. The standard InChI is InChI=1S/C20H20BrNO4/c1-12-9-13(2)22-20(24)15(12)5-6-17(23)14-10-16(21)19-18(11-14)25-7-3-4-8-26-19/h3-4,9-11H,5-8H2,1-2H3,(H,22,24)/b4-3-. The summed E-state index contributed by atoms with van der Waals surface area (Å²) in [6.07, 6.45) is 4.40.